The lowest BCUT2D eigenvalue weighted by molar-refractivity contribution is -0.137. The van der Waals surface area contributed by atoms with Gasteiger partial charge in [-0.1, -0.05) is 29.8 Å². The third kappa shape index (κ3) is 3.40. The Morgan fingerprint density at radius 3 is 2.60 bits per heavy atom. The van der Waals surface area contributed by atoms with Crippen molar-refractivity contribution < 1.29 is 4.79 Å². The molecule has 0 saturated carbocycles. The summed E-state index contributed by atoms with van der Waals surface area (Å²) in [6.45, 7) is 7.29. The molecule has 3 nitrogen and oxygen atoms in total. The lowest BCUT2D eigenvalue weighted by Gasteiger charge is -2.33. The van der Waals surface area contributed by atoms with Gasteiger partial charge in [0.25, 0.3) is 0 Å². The van der Waals surface area contributed by atoms with Crippen LogP contribution in [0.2, 0.25) is 0 Å². The average molecular weight is 274 g/mol. The maximum atomic E-state index is 12.6. The van der Waals surface area contributed by atoms with Crippen molar-refractivity contribution in [3.63, 3.8) is 0 Å². The third-order valence-electron chi connectivity index (χ3n) is 4.46. The molecule has 0 bridgehead atoms. The van der Waals surface area contributed by atoms with Gasteiger partial charge in [-0.25, -0.2) is 0 Å². The van der Waals surface area contributed by atoms with Crippen LogP contribution in [0, 0.1) is 12.8 Å². The van der Waals surface area contributed by atoms with Crippen molar-refractivity contribution >= 4 is 5.91 Å². The SMILES string of the molecule is Cc1ccc(C(C)N(C)C(=O)C2CCNC(C)C2)cc1. The fourth-order valence-corrected chi connectivity index (χ4v) is 2.90. The minimum atomic E-state index is 0.133. The summed E-state index contributed by atoms with van der Waals surface area (Å²) in [5.74, 6) is 0.454. The quantitative estimate of drug-likeness (QED) is 0.919. The second-order valence-corrected chi connectivity index (χ2v) is 6.11. The van der Waals surface area contributed by atoms with Crippen LogP contribution in [0.1, 0.15) is 43.9 Å². The lowest BCUT2D eigenvalue weighted by Crippen LogP contribution is -2.43. The van der Waals surface area contributed by atoms with Crippen LogP contribution in [0.5, 0.6) is 0 Å². The Balaban J connectivity index is 2.03. The summed E-state index contributed by atoms with van der Waals surface area (Å²) < 4.78 is 0. The van der Waals surface area contributed by atoms with Crippen LogP contribution in [0.15, 0.2) is 24.3 Å². The Kier molecular flexibility index (Phi) is 4.81. The molecule has 1 fully saturated rings. The van der Waals surface area contributed by atoms with Gasteiger partial charge in [-0.05, 0) is 45.7 Å². The molecule has 1 heterocycles. The normalized spacial score (nSPS) is 24.2. The molecule has 1 amide bonds. The largest absolute Gasteiger partial charge is 0.339 e. The molecular formula is C17H26N2O. The van der Waals surface area contributed by atoms with E-state index in [1.807, 2.05) is 11.9 Å². The number of hydrogen-bond acceptors (Lipinski definition) is 2. The van der Waals surface area contributed by atoms with Crippen molar-refractivity contribution in [1.82, 2.24) is 10.2 Å². The molecule has 110 valence electrons. The number of rotatable bonds is 3. The number of aryl methyl sites for hydroxylation is 1. The molecule has 0 radical (unpaired) electrons. The van der Waals surface area contributed by atoms with Crippen molar-refractivity contribution in [1.29, 1.82) is 0 Å². The summed E-state index contributed by atoms with van der Waals surface area (Å²) in [7, 11) is 1.93. The molecule has 3 atom stereocenters. The first kappa shape index (κ1) is 15.0. The monoisotopic (exact) mass is 274 g/mol. The molecule has 2 rings (SSSR count). The van der Waals surface area contributed by atoms with Gasteiger partial charge < -0.3 is 10.2 Å². The van der Waals surface area contributed by atoms with Crippen LogP contribution < -0.4 is 5.32 Å². The van der Waals surface area contributed by atoms with E-state index in [-0.39, 0.29) is 17.9 Å². The highest BCUT2D eigenvalue weighted by Gasteiger charge is 2.29. The first-order chi connectivity index (χ1) is 9.49. The molecule has 1 aromatic rings. The van der Waals surface area contributed by atoms with Gasteiger partial charge in [-0.15, -0.1) is 0 Å². The van der Waals surface area contributed by atoms with Crippen LogP contribution in [-0.2, 0) is 4.79 Å². The van der Waals surface area contributed by atoms with Gasteiger partial charge in [0.05, 0.1) is 6.04 Å². The van der Waals surface area contributed by atoms with Crippen molar-refractivity contribution in [3.8, 4) is 0 Å². The highest BCUT2D eigenvalue weighted by Crippen LogP contribution is 2.25. The van der Waals surface area contributed by atoms with Crippen molar-refractivity contribution in [2.45, 2.75) is 45.7 Å². The van der Waals surface area contributed by atoms with Crippen LogP contribution in [-0.4, -0.2) is 30.4 Å². The zero-order chi connectivity index (χ0) is 14.7. The maximum Gasteiger partial charge on any atom is 0.226 e. The minimum absolute atomic E-state index is 0.133. The summed E-state index contributed by atoms with van der Waals surface area (Å²) in [6.07, 6.45) is 1.90. The number of benzene rings is 1. The van der Waals surface area contributed by atoms with Gasteiger partial charge in [0.15, 0.2) is 0 Å². The number of piperidine rings is 1. The number of nitrogens with one attached hydrogen (secondary N) is 1. The second-order valence-electron chi connectivity index (χ2n) is 6.11. The molecule has 1 aromatic carbocycles. The molecule has 0 aliphatic carbocycles. The highest BCUT2D eigenvalue weighted by atomic mass is 16.2. The zero-order valence-corrected chi connectivity index (χ0v) is 13.0. The minimum Gasteiger partial charge on any atom is -0.339 e. The van der Waals surface area contributed by atoms with Crippen molar-refractivity contribution in [3.05, 3.63) is 35.4 Å². The van der Waals surface area contributed by atoms with E-state index in [9.17, 15) is 4.79 Å². The zero-order valence-electron chi connectivity index (χ0n) is 13.0. The lowest BCUT2D eigenvalue weighted by atomic mass is 9.91. The van der Waals surface area contributed by atoms with Crippen LogP contribution in [0.25, 0.3) is 0 Å². The summed E-state index contributed by atoms with van der Waals surface area (Å²) in [5, 5.41) is 3.40. The van der Waals surface area contributed by atoms with Gasteiger partial charge >= 0.3 is 0 Å². The van der Waals surface area contributed by atoms with Crippen LogP contribution in [0.4, 0.5) is 0 Å². The van der Waals surface area contributed by atoms with Gasteiger partial charge in [0.1, 0.15) is 0 Å². The molecule has 0 spiro atoms. The molecule has 1 aliphatic rings. The summed E-state index contributed by atoms with van der Waals surface area (Å²) >= 11 is 0. The van der Waals surface area contributed by atoms with Crippen molar-refractivity contribution in [2.75, 3.05) is 13.6 Å². The Bertz CT molecular complexity index is 455. The molecule has 1 N–H and O–H groups in total. The smallest absolute Gasteiger partial charge is 0.226 e. The van der Waals surface area contributed by atoms with Gasteiger partial charge in [-0.3, -0.25) is 4.79 Å². The van der Waals surface area contributed by atoms with E-state index < -0.39 is 0 Å². The molecule has 1 saturated heterocycles. The van der Waals surface area contributed by atoms with Crippen LogP contribution in [0.3, 0.4) is 0 Å². The Morgan fingerprint density at radius 1 is 1.35 bits per heavy atom. The fraction of sp³-hybridized carbons (Fsp3) is 0.588. The van der Waals surface area contributed by atoms with Gasteiger partial charge in [-0.2, -0.15) is 0 Å². The predicted molar refractivity (Wildman–Crippen MR) is 82.6 cm³/mol. The summed E-state index contributed by atoms with van der Waals surface area (Å²) in [6, 6.07) is 9.03. The highest BCUT2D eigenvalue weighted by molar-refractivity contribution is 5.79. The molecule has 1 aliphatic heterocycles. The second kappa shape index (κ2) is 6.40. The summed E-state index contributed by atoms with van der Waals surface area (Å²) in [4.78, 5) is 14.5. The standard InChI is InChI=1S/C17H26N2O/c1-12-5-7-15(8-6-12)14(3)19(4)17(20)16-9-10-18-13(2)11-16/h5-8,13-14,16,18H,9-11H2,1-4H3. The van der Waals surface area contributed by atoms with E-state index in [0.717, 1.165) is 19.4 Å². The van der Waals surface area contributed by atoms with Gasteiger partial charge in [0, 0.05) is 19.0 Å². The molecule has 0 aromatic heterocycles. The Morgan fingerprint density at radius 2 is 2.00 bits per heavy atom. The van der Waals surface area contributed by atoms with E-state index in [4.69, 9.17) is 0 Å². The molecule has 3 heteroatoms. The average Bonchev–Trinajstić information content (AvgIpc) is 2.46. The number of carbonyl (C=O) groups is 1. The first-order valence-corrected chi connectivity index (χ1v) is 7.55. The van der Waals surface area contributed by atoms with E-state index in [1.54, 1.807) is 0 Å². The maximum absolute atomic E-state index is 12.6. The van der Waals surface area contributed by atoms with E-state index >= 15 is 0 Å². The fourth-order valence-electron chi connectivity index (χ4n) is 2.90. The molecule has 20 heavy (non-hydrogen) atoms. The number of nitrogens with zero attached hydrogens (tertiary/aromatic N) is 1. The number of amides is 1. The van der Waals surface area contributed by atoms with E-state index in [0.29, 0.717) is 6.04 Å². The van der Waals surface area contributed by atoms with E-state index in [1.165, 1.54) is 11.1 Å². The van der Waals surface area contributed by atoms with Gasteiger partial charge in [0.2, 0.25) is 5.91 Å². The van der Waals surface area contributed by atoms with E-state index in [2.05, 4.69) is 50.4 Å². The number of hydrogen-bond donors (Lipinski definition) is 1. The third-order valence-corrected chi connectivity index (χ3v) is 4.46. The topological polar surface area (TPSA) is 32.3 Å². The Labute approximate surface area is 122 Å². The van der Waals surface area contributed by atoms with Crippen molar-refractivity contribution in [2.24, 2.45) is 5.92 Å². The molecular weight excluding hydrogens is 248 g/mol. The molecule has 3 unspecified atom stereocenters. The first-order valence-electron chi connectivity index (χ1n) is 7.55. The predicted octanol–water partition coefficient (Wildman–Crippen LogP) is 2.90. The van der Waals surface area contributed by atoms with Crippen LogP contribution >= 0.6 is 0 Å². The summed E-state index contributed by atoms with van der Waals surface area (Å²) in [5.41, 5.74) is 2.45. The number of carbonyl (C=O) groups excluding carboxylic acids is 1. The Hall–Kier alpha value is -1.35.